The Bertz CT molecular complexity index is 751. The van der Waals surface area contributed by atoms with Crippen LogP contribution in [-0.4, -0.2) is 5.16 Å². The summed E-state index contributed by atoms with van der Waals surface area (Å²) in [5, 5.41) is 4.02. The summed E-state index contributed by atoms with van der Waals surface area (Å²) in [5.74, 6) is 0.528. The number of hydrogen-bond donors (Lipinski definition) is 0. The average molecular weight is 378 g/mol. The summed E-state index contributed by atoms with van der Waals surface area (Å²) >= 11 is 3.52. The van der Waals surface area contributed by atoms with E-state index in [1.165, 1.54) is 0 Å². The van der Waals surface area contributed by atoms with E-state index < -0.39 is 8.61 Å². The Hall–Kier alpha value is -1.68. The fourth-order valence-electron chi connectivity index (χ4n) is 2.45. The molecule has 0 aliphatic rings. The molecule has 0 aliphatic heterocycles. The van der Waals surface area contributed by atoms with Crippen LogP contribution in [0.5, 0.6) is 0 Å². The van der Waals surface area contributed by atoms with Crippen LogP contribution < -0.4 is 4.25 Å². The number of quaternary nitrogens is 1. The monoisotopic (exact) mass is 377 g/mol. The molecule has 0 fully saturated rings. The van der Waals surface area contributed by atoms with Gasteiger partial charge in [-0.25, -0.2) is 0 Å². The number of para-hydroxylation sites is 2. The van der Waals surface area contributed by atoms with E-state index in [4.69, 9.17) is 4.52 Å². The SMILES string of the molecule is Cc1noc([N+]([PH2]=O)(c2ccccc2)c2ccccc2)c1Br. The Labute approximate surface area is 138 Å². The summed E-state index contributed by atoms with van der Waals surface area (Å²) in [4.78, 5) is 0. The van der Waals surface area contributed by atoms with Crippen molar-refractivity contribution in [2.75, 3.05) is 0 Å². The molecule has 0 N–H and O–H groups in total. The summed E-state index contributed by atoms with van der Waals surface area (Å²) < 4.78 is 18.8. The van der Waals surface area contributed by atoms with Gasteiger partial charge in [-0.1, -0.05) is 41.6 Å². The third-order valence-corrected chi connectivity index (χ3v) is 5.64. The second-order valence-corrected chi connectivity index (χ2v) is 6.66. The van der Waals surface area contributed by atoms with Gasteiger partial charge in [-0.3, -0.25) is 4.57 Å². The van der Waals surface area contributed by atoms with E-state index >= 15 is 0 Å². The first-order valence-electron chi connectivity index (χ1n) is 6.79. The molecule has 0 radical (unpaired) electrons. The van der Waals surface area contributed by atoms with E-state index in [9.17, 15) is 4.57 Å². The van der Waals surface area contributed by atoms with E-state index in [2.05, 4.69) is 21.1 Å². The number of aromatic nitrogens is 1. The highest BCUT2D eigenvalue weighted by Gasteiger charge is 2.41. The van der Waals surface area contributed by atoms with E-state index in [0.29, 0.717) is 5.88 Å². The van der Waals surface area contributed by atoms with Crippen LogP contribution in [-0.2, 0) is 4.57 Å². The van der Waals surface area contributed by atoms with Crippen molar-refractivity contribution in [3.8, 4) is 0 Å². The topological polar surface area (TPSA) is 43.1 Å². The van der Waals surface area contributed by atoms with Crippen LogP contribution in [0.3, 0.4) is 0 Å². The fourth-order valence-corrected chi connectivity index (χ4v) is 3.92. The molecular formula is C16H15BrN2O2P+. The Morgan fingerprint density at radius 1 is 1.00 bits per heavy atom. The first-order chi connectivity index (χ1) is 10.7. The normalized spacial score (nSPS) is 12.1. The maximum Gasteiger partial charge on any atom is 0.349 e. The number of aryl methyl sites for hydroxylation is 1. The van der Waals surface area contributed by atoms with Gasteiger partial charge in [0.05, 0.1) is 0 Å². The molecule has 6 heteroatoms. The summed E-state index contributed by atoms with van der Waals surface area (Å²) in [7, 11) is -1.29. The molecule has 0 aliphatic carbocycles. The summed E-state index contributed by atoms with van der Waals surface area (Å²) in [6.45, 7) is 1.85. The number of rotatable bonds is 4. The van der Waals surface area contributed by atoms with Crippen molar-refractivity contribution in [3.63, 3.8) is 0 Å². The number of benzene rings is 2. The smallest absolute Gasteiger partial charge is 0.301 e. The lowest BCUT2D eigenvalue weighted by atomic mass is 10.2. The molecule has 3 aromatic rings. The van der Waals surface area contributed by atoms with Crippen LogP contribution in [0.2, 0.25) is 0 Å². The molecule has 4 nitrogen and oxygen atoms in total. The molecule has 2 aromatic carbocycles. The van der Waals surface area contributed by atoms with E-state index in [1.807, 2.05) is 67.6 Å². The Balaban J connectivity index is 2.36. The zero-order chi connectivity index (χ0) is 15.6. The minimum absolute atomic E-state index is 0.0170. The van der Waals surface area contributed by atoms with Gasteiger partial charge in [-0.05, 0) is 22.9 Å². The van der Waals surface area contributed by atoms with Crippen molar-refractivity contribution >= 4 is 41.8 Å². The number of halogens is 1. The first-order valence-corrected chi connectivity index (χ1v) is 8.57. The Morgan fingerprint density at radius 2 is 1.50 bits per heavy atom. The van der Waals surface area contributed by atoms with Crippen molar-refractivity contribution in [2.24, 2.45) is 0 Å². The zero-order valence-electron chi connectivity index (χ0n) is 11.9. The third kappa shape index (κ3) is 2.35. The summed E-state index contributed by atoms with van der Waals surface area (Å²) in [6, 6.07) is 19.4. The molecule has 22 heavy (non-hydrogen) atoms. The zero-order valence-corrected chi connectivity index (χ0v) is 14.7. The molecule has 0 bridgehead atoms. The fraction of sp³-hybridized carbons (Fsp3) is 0.0625. The number of hydrogen-bond acceptors (Lipinski definition) is 3. The van der Waals surface area contributed by atoms with Gasteiger partial charge in [0.25, 0.3) is 0 Å². The highest BCUT2D eigenvalue weighted by atomic mass is 79.9. The highest BCUT2D eigenvalue weighted by Crippen LogP contribution is 2.52. The van der Waals surface area contributed by atoms with E-state index in [1.54, 1.807) is 0 Å². The van der Waals surface area contributed by atoms with E-state index in [0.717, 1.165) is 21.5 Å². The van der Waals surface area contributed by atoms with Gasteiger partial charge in [0.1, 0.15) is 21.5 Å². The van der Waals surface area contributed by atoms with Crippen molar-refractivity contribution in [1.82, 2.24) is 9.41 Å². The molecular weight excluding hydrogens is 363 g/mol. The van der Waals surface area contributed by atoms with Crippen LogP contribution in [0.1, 0.15) is 5.69 Å². The lowest BCUT2D eigenvalue weighted by Gasteiger charge is -2.29. The number of nitrogens with zero attached hydrogens (tertiary/aromatic N) is 2. The van der Waals surface area contributed by atoms with Gasteiger partial charge in [0.15, 0.2) is 0 Å². The third-order valence-electron chi connectivity index (χ3n) is 3.58. The van der Waals surface area contributed by atoms with Crippen molar-refractivity contribution in [1.29, 1.82) is 0 Å². The molecule has 0 spiro atoms. The second kappa shape index (κ2) is 6.21. The molecule has 0 saturated heterocycles. The first kappa shape index (κ1) is 15.2. The minimum atomic E-state index is -1.29. The van der Waals surface area contributed by atoms with Crippen LogP contribution >= 0.6 is 24.5 Å². The second-order valence-electron chi connectivity index (χ2n) is 4.89. The molecule has 1 aromatic heterocycles. The predicted octanol–water partition coefficient (Wildman–Crippen LogP) is 5.39. The van der Waals surface area contributed by atoms with Crippen molar-refractivity contribution in [3.05, 3.63) is 70.8 Å². The van der Waals surface area contributed by atoms with Crippen LogP contribution in [0.25, 0.3) is 0 Å². The van der Waals surface area contributed by atoms with Gasteiger partial charge in [0.2, 0.25) is 8.61 Å². The van der Waals surface area contributed by atoms with Crippen molar-refractivity contribution < 1.29 is 9.09 Å². The largest absolute Gasteiger partial charge is 0.349 e. The van der Waals surface area contributed by atoms with Gasteiger partial charge < -0.3 is 4.52 Å². The lowest BCUT2D eigenvalue weighted by Crippen LogP contribution is -2.27. The summed E-state index contributed by atoms with van der Waals surface area (Å²) in [6.07, 6.45) is 0. The lowest BCUT2D eigenvalue weighted by molar-refractivity contribution is 0.388. The Morgan fingerprint density at radius 3 is 1.86 bits per heavy atom. The van der Waals surface area contributed by atoms with Gasteiger partial charge in [-0.15, -0.1) is 0 Å². The highest BCUT2D eigenvalue weighted by molar-refractivity contribution is 9.10. The van der Waals surface area contributed by atoms with Gasteiger partial charge in [0, 0.05) is 24.3 Å². The van der Waals surface area contributed by atoms with Crippen LogP contribution in [0.15, 0.2) is 69.7 Å². The van der Waals surface area contributed by atoms with Gasteiger partial charge in [-0.2, -0.15) is 4.25 Å². The van der Waals surface area contributed by atoms with Crippen LogP contribution in [0.4, 0.5) is 17.3 Å². The minimum Gasteiger partial charge on any atom is -0.301 e. The molecule has 0 amide bonds. The molecule has 1 unspecified atom stereocenters. The standard InChI is InChI=1S/C16H15BrN2O2P/c1-12-15(17)16(21-18-12)19(22-20,13-8-4-2-5-9-13)14-10-6-3-7-11-14/h2-11H,22H2,1H3/q+1. The maximum atomic E-state index is 12.5. The van der Waals surface area contributed by atoms with Crippen LogP contribution in [0, 0.1) is 6.92 Å². The van der Waals surface area contributed by atoms with Gasteiger partial charge >= 0.3 is 5.88 Å². The molecule has 3 rings (SSSR count). The molecule has 112 valence electrons. The predicted molar refractivity (Wildman–Crippen MR) is 93.3 cm³/mol. The molecule has 0 saturated carbocycles. The molecule has 1 atom stereocenters. The Kier molecular flexibility index (Phi) is 4.30. The average Bonchev–Trinajstić information content (AvgIpc) is 2.91. The summed E-state index contributed by atoms with van der Waals surface area (Å²) in [5.41, 5.74) is 2.48. The quantitative estimate of drug-likeness (QED) is 0.572. The maximum absolute atomic E-state index is 12.5. The van der Waals surface area contributed by atoms with E-state index in [-0.39, 0.29) is 4.25 Å². The van der Waals surface area contributed by atoms with Crippen molar-refractivity contribution in [2.45, 2.75) is 6.92 Å². The molecule has 1 heterocycles.